The average Bonchev–Trinajstić information content (AvgIpc) is 2.60. The van der Waals surface area contributed by atoms with Gasteiger partial charge in [-0.15, -0.1) is 0 Å². The molecule has 3 heteroatoms. The molecule has 0 amide bonds. The first kappa shape index (κ1) is 17.5. The third-order valence-corrected chi connectivity index (χ3v) is 3.28. The van der Waals surface area contributed by atoms with Crippen LogP contribution in [0.25, 0.3) is 12.2 Å². The fourth-order valence-corrected chi connectivity index (χ4v) is 2.03. The lowest BCUT2D eigenvalue weighted by Gasteiger charge is -2.12. The Morgan fingerprint density at radius 2 is 1.12 bits per heavy atom. The van der Waals surface area contributed by atoms with Crippen LogP contribution < -0.4 is 0 Å². The monoisotopic (exact) mass is 322 g/mol. The van der Waals surface area contributed by atoms with E-state index in [0.717, 1.165) is 11.1 Å². The molecular weight excluding hydrogens is 300 g/mol. The summed E-state index contributed by atoms with van der Waals surface area (Å²) < 4.78 is 10.4. The predicted octanol–water partition coefficient (Wildman–Crippen LogP) is 5.34. The van der Waals surface area contributed by atoms with Gasteiger partial charge in [0.2, 0.25) is 0 Å². The molecule has 0 aliphatic carbocycles. The van der Waals surface area contributed by atoms with Crippen LogP contribution in [-0.2, 0) is 9.47 Å². The SMILES string of the molecule is CC(C=Cc1ccccc1)OC(=O)OC(C)C=Cc1ccccc1. The second kappa shape index (κ2) is 9.36. The molecule has 24 heavy (non-hydrogen) atoms. The first-order chi connectivity index (χ1) is 11.6. The Bertz CT molecular complexity index is 615. The van der Waals surface area contributed by atoms with Crippen molar-refractivity contribution in [2.24, 2.45) is 0 Å². The largest absolute Gasteiger partial charge is 0.509 e. The van der Waals surface area contributed by atoms with Gasteiger partial charge in [-0.05, 0) is 37.1 Å². The molecule has 2 aromatic carbocycles. The number of carbonyl (C=O) groups is 1. The van der Waals surface area contributed by atoms with Crippen molar-refractivity contribution in [3.8, 4) is 0 Å². The standard InChI is InChI=1S/C21H22O3/c1-17(13-15-19-9-5-3-6-10-19)23-21(22)24-18(2)14-16-20-11-7-4-8-12-20/h3-18H,1-2H3. The number of carbonyl (C=O) groups excluding carboxylic acids is 1. The third kappa shape index (κ3) is 6.53. The summed E-state index contributed by atoms with van der Waals surface area (Å²) in [6.45, 7) is 3.59. The quantitative estimate of drug-likeness (QED) is 0.673. The van der Waals surface area contributed by atoms with Crippen molar-refractivity contribution in [3.05, 3.63) is 83.9 Å². The summed E-state index contributed by atoms with van der Waals surface area (Å²) >= 11 is 0. The summed E-state index contributed by atoms with van der Waals surface area (Å²) in [5.74, 6) is 0. The highest BCUT2D eigenvalue weighted by atomic mass is 16.7. The molecule has 0 saturated carbocycles. The Hall–Kier alpha value is -2.81. The zero-order valence-electron chi connectivity index (χ0n) is 14.0. The van der Waals surface area contributed by atoms with Gasteiger partial charge in [0.15, 0.2) is 0 Å². The van der Waals surface area contributed by atoms with E-state index in [-0.39, 0.29) is 12.2 Å². The van der Waals surface area contributed by atoms with Crippen LogP contribution in [0.2, 0.25) is 0 Å². The number of benzene rings is 2. The molecule has 0 heterocycles. The van der Waals surface area contributed by atoms with Gasteiger partial charge in [-0.25, -0.2) is 4.79 Å². The van der Waals surface area contributed by atoms with Crippen LogP contribution in [0.4, 0.5) is 4.79 Å². The Kier molecular flexibility index (Phi) is 6.84. The molecule has 2 unspecified atom stereocenters. The van der Waals surface area contributed by atoms with Gasteiger partial charge in [0.1, 0.15) is 12.2 Å². The van der Waals surface area contributed by atoms with Crippen LogP contribution in [0.3, 0.4) is 0 Å². The lowest BCUT2D eigenvalue weighted by molar-refractivity contribution is 0.0300. The van der Waals surface area contributed by atoms with Crippen LogP contribution in [-0.4, -0.2) is 18.4 Å². The lowest BCUT2D eigenvalue weighted by atomic mass is 10.2. The zero-order valence-corrected chi connectivity index (χ0v) is 14.0. The highest BCUT2D eigenvalue weighted by Gasteiger charge is 2.11. The summed E-state index contributed by atoms with van der Waals surface area (Å²) in [4.78, 5) is 11.8. The molecule has 2 atom stereocenters. The van der Waals surface area contributed by atoms with E-state index in [1.807, 2.05) is 85.0 Å². The molecule has 0 saturated heterocycles. The molecule has 0 spiro atoms. The van der Waals surface area contributed by atoms with Gasteiger partial charge < -0.3 is 9.47 Å². The first-order valence-corrected chi connectivity index (χ1v) is 7.97. The molecule has 0 fully saturated rings. The highest BCUT2D eigenvalue weighted by Crippen LogP contribution is 2.07. The summed E-state index contributed by atoms with van der Waals surface area (Å²) in [6.07, 6.45) is 6.08. The number of ether oxygens (including phenoxy) is 2. The second-order valence-electron chi connectivity index (χ2n) is 5.44. The molecule has 0 radical (unpaired) electrons. The molecule has 2 aromatic rings. The minimum absolute atomic E-state index is 0.358. The van der Waals surface area contributed by atoms with E-state index in [2.05, 4.69) is 0 Å². The van der Waals surface area contributed by atoms with Crippen molar-refractivity contribution in [3.63, 3.8) is 0 Å². The van der Waals surface area contributed by atoms with Crippen LogP contribution in [0, 0.1) is 0 Å². The van der Waals surface area contributed by atoms with E-state index < -0.39 is 6.16 Å². The van der Waals surface area contributed by atoms with E-state index in [9.17, 15) is 4.79 Å². The van der Waals surface area contributed by atoms with Crippen molar-refractivity contribution in [1.82, 2.24) is 0 Å². The smallest absolute Gasteiger partial charge is 0.427 e. The van der Waals surface area contributed by atoms with E-state index in [1.165, 1.54) is 0 Å². The van der Waals surface area contributed by atoms with E-state index in [0.29, 0.717) is 0 Å². The fourth-order valence-electron chi connectivity index (χ4n) is 2.03. The van der Waals surface area contributed by atoms with Crippen LogP contribution in [0.15, 0.2) is 72.8 Å². The minimum Gasteiger partial charge on any atom is -0.427 e. The van der Waals surface area contributed by atoms with Gasteiger partial charge in [-0.1, -0.05) is 72.8 Å². The Morgan fingerprint density at radius 3 is 1.50 bits per heavy atom. The molecule has 0 aromatic heterocycles. The third-order valence-electron chi connectivity index (χ3n) is 3.28. The highest BCUT2D eigenvalue weighted by molar-refractivity contribution is 5.61. The van der Waals surface area contributed by atoms with Crippen LogP contribution in [0.5, 0.6) is 0 Å². The number of hydrogen-bond donors (Lipinski definition) is 0. The van der Waals surface area contributed by atoms with Crippen molar-refractivity contribution in [1.29, 1.82) is 0 Å². The Morgan fingerprint density at radius 1 is 0.750 bits per heavy atom. The summed E-state index contributed by atoms with van der Waals surface area (Å²) in [7, 11) is 0. The Balaban J connectivity index is 1.77. The van der Waals surface area contributed by atoms with Crippen molar-refractivity contribution < 1.29 is 14.3 Å². The van der Waals surface area contributed by atoms with Crippen molar-refractivity contribution >= 4 is 18.3 Å². The predicted molar refractivity (Wildman–Crippen MR) is 97.4 cm³/mol. The lowest BCUT2D eigenvalue weighted by Crippen LogP contribution is -2.18. The van der Waals surface area contributed by atoms with E-state index >= 15 is 0 Å². The van der Waals surface area contributed by atoms with Gasteiger partial charge in [-0.2, -0.15) is 0 Å². The summed E-state index contributed by atoms with van der Waals surface area (Å²) in [5.41, 5.74) is 2.11. The molecule has 0 bridgehead atoms. The first-order valence-electron chi connectivity index (χ1n) is 7.97. The van der Waals surface area contributed by atoms with E-state index in [4.69, 9.17) is 9.47 Å². The van der Waals surface area contributed by atoms with Crippen LogP contribution >= 0.6 is 0 Å². The van der Waals surface area contributed by atoms with Crippen LogP contribution in [0.1, 0.15) is 25.0 Å². The maximum Gasteiger partial charge on any atom is 0.509 e. The van der Waals surface area contributed by atoms with Crippen molar-refractivity contribution in [2.45, 2.75) is 26.1 Å². The molecule has 0 N–H and O–H groups in total. The molecule has 124 valence electrons. The molecule has 0 aliphatic heterocycles. The Labute approximate surface area is 143 Å². The number of hydrogen-bond acceptors (Lipinski definition) is 3. The molecule has 3 nitrogen and oxygen atoms in total. The maximum atomic E-state index is 11.8. The van der Waals surface area contributed by atoms with Gasteiger partial charge >= 0.3 is 6.16 Å². The summed E-state index contributed by atoms with van der Waals surface area (Å²) in [6, 6.07) is 19.7. The minimum atomic E-state index is -0.676. The van der Waals surface area contributed by atoms with Gasteiger partial charge in [0, 0.05) is 0 Å². The molecule has 2 rings (SSSR count). The summed E-state index contributed by atoms with van der Waals surface area (Å²) in [5, 5.41) is 0. The zero-order chi connectivity index (χ0) is 17.2. The van der Waals surface area contributed by atoms with Gasteiger partial charge in [0.05, 0.1) is 0 Å². The molecular formula is C21H22O3. The van der Waals surface area contributed by atoms with Crippen molar-refractivity contribution in [2.75, 3.05) is 0 Å². The van der Waals surface area contributed by atoms with E-state index in [1.54, 1.807) is 13.8 Å². The normalized spacial score (nSPS) is 13.8. The van der Waals surface area contributed by atoms with Gasteiger partial charge in [-0.3, -0.25) is 0 Å². The number of rotatable bonds is 6. The fraction of sp³-hybridized carbons (Fsp3) is 0.190. The van der Waals surface area contributed by atoms with Gasteiger partial charge in [0.25, 0.3) is 0 Å². The molecule has 0 aliphatic rings. The maximum absolute atomic E-state index is 11.8. The average molecular weight is 322 g/mol. The topological polar surface area (TPSA) is 35.5 Å². The second-order valence-corrected chi connectivity index (χ2v) is 5.44.